The van der Waals surface area contributed by atoms with Gasteiger partial charge in [-0.3, -0.25) is 0 Å². The molecule has 0 aliphatic carbocycles. The Balaban J connectivity index is 2.16. The zero-order valence-corrected chi connectivity index (χ0v) is 12.9. The standard InChI is InChI=1S/C15H16BrNO3/c1-19-11-6-7-12(16)13(8-11)17-9-10-4-3-5-14(20-2)15(10)18/h3-8,17-18H,9H2,1-2H3. The molecule has 0 fully saturated rings. The molecular weight excluding hydrogens is 322 g/mol. The molecule has 4 nitrogen and oxygen atoms in total. The maximum atomic E-state index is 10.0. The number of rotatable bonds is 5. The predicted molar refractivity (Wildman–Crippen MR) is 82.7 cm³/mol. The summed E-state index contributed by atoms with van der Waals surface area (Å²) in [6.45, 7) is 0.481. The van der Waals surface area contributed by atoms with E-state index in [2.05, 4.69) is 21.2 Å². The van der Waals surface area contributed by atoms with Gasteiger partial charge in [0.2, 0.25) is 0 Å². The monoisotopic (exact) mass is 337 g/mol. The van der Waals surface area contributed by atoms with Crippen LogP contribution >= 0.6 is 15.9 Å². The Kier molecular flexibility index (Phi) is 4.74. The van der Waals surface area contributed by atoms with Crippen molar-refractivity contribution in [1.82, 2.24) is 0 Å². The predicted octanol–water partition coefficient (Wildman–Crippen LogP) is 3.78. The van der Waals surface area contributed by atoms with Crippen LogP contribution in [0.2, 0.25) is 0 Å². The first-order valence-electron chi connectivity index (χ1n) is 6.08. The highest BCUT2D eigenvalue weighted by Crippen LogP contribution is 2.31. The first-order valence-corrected chi connectivity index (χ1v) is 6.87. The van der Waals surface area contributed by atoms with Crippen LogP contribution in [0.3, 0.4) is 0 Å². The van der Waals surface area contributed by atoms with Gasteiger partial charge in [-0.1, -0.05) is 12.1 Å². The minimum atomic E-state index is 0.154. The van der Waals surface area contributed by atoms with Gasteiger partial charge >= 0.3 is 0 Å². The molecule has 0 aromatic heterocycles. The molecule has 5 heteroatoms. The minimum Gasteiger partial charge on any atom is -0.504 e. The smallest absolute Gasteiger partial charge is 0.162 e. The molecule has 2 rings (SSSR count). The molecule has 106 valence electrons. The number of ether oxygens (including phenoxy) is 2. The summed E-state index contributed by atoms with van der Waals surface area (Å²) < 4.78 is 11.2. The summed E-state index contributed by atoms with van der Waals surface area (Å²) in [5.41, 5.74) is 1.66. The van der Waals surface area contributed by atoms with Crippen molar-refractivity contribution in [1.29, 1.82) is 0 Å². The van der Waals surface area contributed by atoms with Crippen LogP contribution in [0, 0.1) is 0 Å². The second kappa shape index (κ2) is 6.52. The highest BCUT2D eigenvalue weighted by atomic mass is 79.9. The molecule has 2 aromatic rings. The van der Waals surface area contributed by atoms with Gasteiger partial charge in [-0.05, 0) is 34.1 Å². The zero-order valence-electron chi connectivity index (χ0n) is 11.3. The van der Waals surface area contributed by atoms with Crippen molar-refractivity contribution in [3.05, 3.63) is 46.4 Å². The second-order valence-electron chi connectivity index (χ2n) is 4.17. The van der Waals surface area contributed by atoms with Gasteiger partial charge < -0.3 is 19.9 Å². The molecule has 0 unspecified atom stereocenters. The Hall–Kier alpha value is -1.88. The number of hydrogen-bond acceptors (Lipinski definition) is 4. The second-order valence-corrected chi connectivity index (χ2v) is 5.02. The van der Waals surface area contributed by atoms with Gasteiger partial charge in [-0.15, -0.1) is 0 Å². The maximum Gasteiger partial charge on any atom is 0.162 e. The van der Waals surface area contributed by atoms with Crippen molar-refractivity contribution in [2.45, 2.75) is 6.54 Å². The molecular formula is C15H16BrNO3. The molecule has 0 bridgehead atoms. The van der Waals surface area contributed by atoms with Crippen molar-refractivity contribution in [2.24, 2.45) is 0 Å². The van der Waals surface area contributed by atoms with Crippen LogP contribution in [0.5, 0.6) is 17.2 Å². The van der Waals surface area contributed by atoms with E-state index in [1.54, 1.807) is 13.2 Å². The van der Waals surface area contributed by atoms with Crippen LogP contribution in [0.4, 0.5) is 5.69 Å². The summed E-state index contributed by atoms with van der Waals surface area (Å²) in [6.07, 6.45) is 0. The number of benzene rings is 2. The van der Waals surface area contributed by atoms with Crippen LogP contribution in [0.1, 0.15) is 5.56 Å². The molecule has 0 saturated carbocycles. The number of para-hydroxylation sites is 1. The van der Waals surface area contributed by atoms with Crippen molar-refractivity contribution >= 4 is 21.6 Å². The van der Waals surface area contributed by atoms with Crippen molar-refractivity contribution in [3.8, 4) is 17.2 Å². The van der Waals surface area contributed by atoms with Gasteiger partial charge in [0.25, 0.3) is 0 Å². The molecule has 0 spiro atoms. The first kappa shape index (κ1) is 14.5. The van der Waals surface area contributed by atoms with Gasteiger partial charge in [0, 0.05) is 22.6 Å². The number of aromatic hydroxyl groups is 1. The third kappa shape index (κ3) is 3.17. The van der Waals surface area contributed by atoms with E-state index in [9.17, 15) is 5.11 Å². The van der Waals surface area contributed by atoms with E-state index in [-0.39, 0.29) is 5.75 Å². The lowest BCUT2D eigenvalue weighted by Gasteiger charge is -2.12. The summed E-state index contributed by atoms with van der Waals surface area (Å²) in [4.78, 5) is 0. The van der Waals surface area contributed by atoms with E-state index >= 15 is 0 Å². The highest BCUT2D eigenvalue weighted by molar-refractivity contribution is 9.10. The molecule has 0 heterocycles. The van der Waals surface area contributed by atoms with Crippen LogP contribution in [-0.2, 0) is 6.54 Å². The van der Waals surface area contributed by atoms with E-state index in [4.69, 9.17) is 9.47 Å². The molecule has 2 aromatic carbocycles. The molecule has 0 amide bonds. The Morgan fingerprint density at radius 3 is 2.65 bits per heavy atom. The summed E-state index contributed by atoms with van der Waals surface area (Å²) in [7, 11) is 3.16. The number of phenolic OH excluding ortho intramolecular Hbond substituents is 1. The molecule has 2 N–H and O–H groups in total. The first-order chi connectivity index (χ1) is 9.65. The molecule has 20 heavy (non-hydrogen) atoms. The van der Waals surface area contributed by atoms with Crippen LogP contribution in [0.15, 0.2) is 40.9 Å². The van der Waals surface area contributed by atoms with E-state index in [1.807, 2.05) is 30.3 Å². The molecule has 0 radical (unpaired) electrons. The zero-order chi connectivity index (χ0) is 14.5. The number of phenols is 1. The largest absolute Gasteiger partial charge is 0.504 e. The minimum absolute atomic E-state index is 0.154. The maximum absolute atomic E-state index is 10.0. The van der Waals surface area contributed by atoms with E-state index in [0.717, 1.165) is 21.5 Å². The Bertz CT molecular complexity index is 600. The van der Waals surface area contributed by atoms with Gasteiger partial charge in [-0.2, -0.15) is 0 Å². The van der Waals surface area contributed by atoms with Crippen LogP contribution in [-0.4, -0.2) is 19.3 Å². The lowest BCUT2D eigenvalue weighted by molar-refractivity contribution is 0.371. The highest BCUT2D eigenvalue weighted by Gasteiger charge is 2.08. The Morgan fingerprint density at radius 2 is 1.95 bits per heavy atom. The molecule has 0 aliphatic rings. The fourth-order valence-electron chi connectivity index (χ4n) is 1.83. The number of halogens is 1. The summed E-state index contributed by atoms with van der Waals surface area (Å²) >= 11 is 3.47. The van der Waals surface area contributed by atoms with E-state index in [0.29, 0.717) is 12.3 Å². The van der Waals surface area contributed by atoms with E-state index < -0.39 is 0 Å². The third-order valence-corrected chi connectivity index (χ3v) is 3.64. The average molecular weight is 338 g/mol. The van der Waals surface area contributed by atoms with Gasteiger partial charge in [0.15, 0.2) is 11.5 Å². The van der Waals surface area contributed by atoms with E-state index in [1.165, 1.54) is 7.11 Å². The SMILES string of the molecule is COc1ccc(Br)c(NCc2cccc(OC)c2O)c1. The topological polar surface area (TPSA) is 50.7 Å². The normalized spacial score (nSPS) is 10.2. The Labute approximate surface area is 126 Å². The average Bonchev–Trinajstić information content (AvgIpc) is 2.47. The summed E-state index contributed by atoms with van der Waals surface area (Å²) in [5.74, 6) is 1.39. The fraction of sp³-hybridized carbons (Fsp3) is 0.200. The number of anilines is 1. The third-order valence-electron chi connectivity index (χ3n) is 2.95. The Morgan fingerprint density at radius 1 is 1.15 bits per heavy atom. The lowest BCUT2D eigenvalue weighted by Crippen LogP contribution is -2.01. The van der Waals surface area contributed by atoms with Gasteiger partial charge in [0.1, 0.15) is 5.75 Å². The van der Waals surface area contributed by atoms with Gasteiger partial charge in [-0.25, -0.2) is 0 Å². The van der Waals surface area contributed by atoms with Gasteiger partial charge in [0.05, 0.1) is 19.9 Å². The molecule has 0 saturated heterocycles. The fourth-order valence-corrected chi connectivity index (χ4v) is 2.22. The number of nitrogens with one attached hydrogen (secondary N) is 1. The van der Waals surface area contributed by atoms with Crippen LogP contribution in [0.25, 0.3) is 0 Å². The lowest BCUT2D eigenvalue weighted by atomic mass is 10.2. The summed E-state index contributed by atoms with van der Waals surface area (Å²) in [6, 6.07) is 11.1. The van der Waals surface area contributed by atoms with Crippen molar-refractivity contribution < 1.29 is 14.6 Å². The number of methoxy groups -OCH3 is 2. The quantitative estimate of drug-likeness (QED) is 0.871. The van der Waals surface area contributed by atoms with Crippen molar-refractivity contribution in [2.75, 3.05) is 19.5 Å². The van der Waals surface area contributed by atoms with Crippen LogP contribution < -0.4 is 14.8 Å². The number of hydrogen-bond donors (Lipinski definition) is 2. The summed E-state index contributed by atoms with van der Waals surface area (Å²) in [5, 5.41) is 13.3. The van der Waals surface area contributed by atoms with Crippen molar-refractivity contribution in [3.63, 3.8) is 0 Å². The molecule has 0 atom stereocenters. The molecule has 0 aliphatic heterocycles.